The molecule has 5 nitrogen and oxygen atoms in total. The van der Waals surface area contributed by atoms with Gasteiger partial charge in [0.05, 0.1) is 6.10 Å². The van der Waals surface area contributed by atoms with E-state index in [0.717, 1.165) is 45.0 Å². The molecule has 5 heteroatoms. The van der Waals surface area contributed by atoms with E-state index in [1.165, 1.54) is 13.0 Å². The summed E-state index contributed by atoms with van der Waals surface area (Å²) in [6.45, 7) is 18.3. The Balaban J connectivity index is 4.05. The molecule has 0 saturated heterocycles. The van der Waals surface area contributed by atoms with Crippen LogP contribution in [0.5, 0.6) is 0 Å². The molecule has 2 atom stereocenters. The number of hydrogen-bond donors (Lipinski definition) is 2. The lowest BCUT2D eigenvalue weighted by Crippen LogP contribution is -2.43. The van der Waals surface area contributed by atoms with Gasteiger partial charge in [-0.1, -0.05) is 27.7 Å². The summed E-state index contributed by atoms with van der Waals surface area (Å²) in [6, 6.07) is 0.430. The summed E-state index contributed by atoms with van der Waals surface area (Å²) in [5, 5.41) is 6.91. The Morgan fingerprint density at radius 3 is 2.25 bits per heavy atom. The minimum atomic E-state index is 0.312. The number of ether oxygens (including phenoxy) is 1. The van der Waals surface area contributed by atoms with Crippen LogP contribution in [-0.2, 0) is 4.74 Å². The third-order valence-electron chi connectivity index (χ3n) is 4.46. The van der Waals surface area contributed by atoms with Gasteiger partial charge in [-0.05, 0) is 58.7 Å². The van der Waals surface area contributed by atoms with Crippen molar-refractivity contribution >= 4 is 5.96 Å². The van der Waals surface area contributed by atoms with Gasteiger partial charge in [-0.3, -0.25) is 4.99 Å². The molecular formula is C19H42N4O. The molecule has 2 unspecified atom stereocenters. The van der Waals surface area contributed by atoms with Gasteiger partial charge in [0.25, 0.3) is 0 Å². The lowest BCUT2D eigenvalue weighted by molar-refractivity contribution is 0.0258. The van der Waals surface area contributed by atoms with Gasteiger partial charge in [-0.25, -0.2) is 0 Å². The van der Waals surface area contributed by atoms with Gasteiger partial charge in [0.15, 0.2) is 5.96 Å². The van der Waals surface area contributed by atoms with E-state index >= 15 is 0 Å². The van der Waals surface area contributed by atoms with Crippen molar-refractivity contribution in [1.82, 2.24) is 15.5 Å². The highest BCUT2D eigenvalue weighted by atomic mass is 16.5. The number of hydrogen-bond acceptors (Lipinski definition) is 3. The Hall–Kier alpha value is -0.810. The molecule has 0 rings (SSSR count). The summed E-state index contributed by atoms with van der Waals surface area (Å²) in [5.74, 6) is 1.44. The third kappa shape index (κ3) is 10.9. The van der Waals surface area contributed by atoms with Crippen molar-refractivity contribution < 1.29 is 4.74 Å². The molecule has 0 aromatic rings. The highest BCUT2D eigenvalue weighted by Crippen LogP contribution is 2.09. The largest absolute Gasteiger partial charge is 0.378 e. The molecule has 144 valence electrons. The quantitative estimate of drug-likeness (QED) is 0.399. The molecule has 2 N–H and O–H groups in total. The van der Waals surface area contributed by atoms with Gasteiger partial charge in [0, 0.05) is 26.2 Å². The highest BCUT2D eigenvalue weighted by Gasteiger charge is 2.13. The minimum absolute atomic E-state index is 0.312. The third-order valence-corrected chi connectivity index (χ3v) is 4.46. The number of nitrogens with zero attached hydrogens (tertiary/aromatic N) is 2. The first-order valence-corrected chi connectivity index (χ1v) is 9.79. The Bertz CT molecular complexity index is 316. The molecule has 0 spiro atoms. The fourth-order valence-electron chi connectivity index (χ4n) is 2.82. The predicted molar refractivity (Wildman–Crippen MR) is 106 cm³/mol. The fourth-order valence-corrected chi connectivity index (χ4v) is 2.82. The van der Waals surface area contributed by atoms with Crippen LogP contribution in [0.1, 0.15) is 60.8 Å². The first kappa shape index (κ1) is 23.2. The van der Waals surface area contributed by atoms with Crippen LogP contribution in [0.4, 0.5) is 0 Å². The summed E-state index contributed by atoms with van der Waals surface area (Å²) in [6.07, 6.45) is 3.69. The lowest BCUT2D eigenvalue weighted by Gasteiger charge is -2.23. The maximum Gasteiger partial charge on any atom is 0.191 e. The summed E-state index contributed by atoms with van der Waals surface area (Å²) < 4.78 is 5.79. The molecule has 0 aromatic carbocycles. The van der Waals surface area contributed by atoms with Crippen LogP contribution in [-0.4, -0.2) is 62.8 Å². The van der Waals surface area contributed by atoms with Crippen molar-refractivity contribution in [3.05, 3.63) is 0 Å². The Morgan fingerprint density at radius 2 is 1.75 bits per heavy atom. The van der Waals surface area contributed by atoms with Crippen LogP contribution in [0.3, 0.4) is 0 Å². The van der Waals surface area contributed by atoms with Crippen LogP contribution in [0.25, 0.3) is 0 Å². The van der Waals surface area contributed by atoms with Gasteiger partial charge >= 0.3 is 0 Å². The van der Waals surface area contributed by atoms with Crippen molar-refractivity contribution in [2.75, 3.05) is 39.8 Å². The Labute approximate surface area is 150 Å². The highest BCUT2D eigenvalue weighted by molar-refractivity contribution is 5.79. The van der Waals surface area contributed by atoms with Gasteiger partial charge < -0.3 is 20.3 Å². The van der Waals surface area contributed by atoms with Crippen molar-refractivity contribution in [3.8, 4) is 0 Å². The fraction of sp³-hybridized carbons (Fsp3) is 0.947. The van der Waals surface area contributed by atoms with E-state index in [4.69, 9.17) is 4.74 Å². The molecule has 0 heterocycles. The van der Waals surface area contributed by atoms with E-state index < -0.39 is 0 Å². The summed E-state index contributed by atoms with van der Waals surface area (Å²) >= 11 is 0. The Kier molecular flexibility index (Phi) is 14.0. The van der Waals surface area contributed by atoms with Gasteiger partial charge in [-0.15, -0.1) is 0 Å². The SMILES string of the molecule is CCOC(CCNC(=NC)NC(C)CCCN(CC)CC)C(C)C. The first-order valence-electron chi connectivity index (χ1n) is 9.79. The van der Waals surface area contributed by atoms with Gasteiger partial charge in [0.2, 0.25) is 0 Å². The molecule has 0 aliphatic rings. The first-order chi connectivity index (χ1) is 11.5. The number of guanidine groups is 1. The molecule has 0 aliphatic carbocycles. The van der Waals surface area contributed by atoms with Crippen LogP contribution in [0, 0.1) is 5.92 Å². The summed E-state index contributed by atoms with van der Waals surface area (Å²) in [5.41, 5.74) is 0. The van der Waals surface area contributed by atoms with E-state index in [1.807, 2.05) is 7.05 Å². The topological polar surface area (TPSA) is 48.9 Å². The normalized spacial score (nSPS) is 15.0. The molecule has 24 heavy (non-hydrogen) atoms. The molecule has 0 radical (unpaired) electrons. The predicted octanol–water partition coefficient (Wildman–Crippen LogP) is 3.11. The molecule has 0 amide bonds. The second-order valence-electron chi connectivity index (χ2n) is 6.74. The maximum absolute atomic E-state index is 5.79. The Morgan fingerprint density at radius 1 is 1.08 bits per heavy atom. The molecule has 0 bridgehead atoms. The van der Waals surface area contributed by atoms with Crippen molar-refractivity contribution in [2.24, 2.45) is 10.9 Å². The molecule has 0 aliphatic heterocycles. The van der Waals surface area contributed by atoms with E-state index in [1.54, 1.807) is 0 Å². The number of rotatable bonds is 13. The van der Waals surface area contributed by atoms with Crippen molar-refractivity contribution in [3.63, 3.8) is 0 Å². The summed E-state index contributed by atoms with van der Waals surface area (Å²) in [7, 11) is 1.83. The average molecular weight is 343 g/mol. The zero-order valence-electron chi connectivity index (χ0n) is 17.2. The number of aliphatic imine (C=N–C) groups is 1. The zero-order valence-corrected chi connectivity index (χ0v) is 17.2. The van der Waals surface area contributed by atoms with E-state index in [-0.39, 0.29) is 0 Å². The van der Waals surface area contributed by atoms with Gasteiger partial charge in [0.1, 0.15) is 0 Å². The van der Waals surface area contributed by atoms with Crippen LogP contribution in [0.15, 0.2) is 4.99 Å². The maximum atomic E-state index is 5.79. The standard InChI is InChI=1S/C19H42N4O/c1-8-23(9-2)15-11-12-17(6)22-19(20-7)21-14-13-18(16(4)5)24-10-3/h16-18H,8-15H2,1-7H3,(H2,20,21,22). The molecule has 0 saturated carbocycles. The van der Waals surface area contributed by atoms with Crippen LogP contribution in [0.2, 0.25) is 0 Å². The van der Waals surface area contributed by atoms with Gasteiger partial charge in [-0.2, -0.15) is 0 Å². The second kappa shape index (κ2) is 14.5. The number of nitrogens with one attached hydrogen (secondary N) is 2. The van der Waals surface area contributed by atoms with E-state index in [2.05, 4.69) is 62.1 Å². The monoisotopic (exact) mass is 342 g/mol. The van der Waals surface area contributed by atoms with Crippen molar-refractivity contribution in [2.45, 2.75) is 73.0 Å². The second-order valence-corrected chi connectivity index (χ2v) is 6.74. The minimum Gasteiger partial charge on any atom is -0.378 e. The molecular weight excluding hydrogens is 300 g/mol. The lowest BCUT2D eigenvalue weighted by atomic mass is 10.0. The van der Waals surface area contributed by atoms with E-state index in [9.17, 15) is 0 Å². The average Bonchev–Trinajstić information content (AvgIpc) is 2.56. The molecule has 0 fully saturated rings. The van der Waals surface area contributed by atoms with Crippen molar-refractivity contribution in [1.29, 1.82) is 0 Å². The summed E-state index contributed by atoms with van der Waals surface area (Å²) in [4.78, 5) is 6.81. The smallest absolute Gasteiger partial charge is 0.191 e. The van der Waals surface area contributed by atoms with Crippen LogP contribution < -0.4 is 10.6 Å². The van der Waals surface area contributed by atoms with Crippen LogP contribution >= 0.6 is 0 Å². The van der Waals surface area contributed by atoms with E-state index in [0.29, 0.717) is 18.1 Å². The zero-order chi connectivity index (χ0) is 18.4. The molecule has 0 aromatic heterocycles.